The highest BCUT2D eigenvalue weighted by Crippen LogP contribution is 2.29. The Hall–Kier alpha value is -1.55. The zero-order chi connectivity index (χ0) is 12.3. The van der Waals surface area contributed by atoms with Crippen LogP contribution in [0.4, 0.5) is 5.69 Å². The normalized spacial score (nSPS) is 17.9. The first-order chi connectivity index (χ1) is 8.15. The lowest BCUT2D eigenvalue weighted by molar-refractivity contribution is 0.0838. The third kappa shape index (κ3) is 2.58. The second-order valence-corrected chi connectivity index (χ2v) is 4.73. The van der Waals surface area contributed by atoms with Gasteiger partial charge in [-0.15, -0.1) is 0 Å². The van der Waals surface area contributed by atoms with Crippen LogP contribution < -0.4 is 11.1 Å². The average Bonchev–Trinajstić information content (AvgIpc) is 2.78. The molecule has 0 aliphatic heterocycles. The van der Waals surface area contributed by atoms with Crippen molar-refractivity contribution < 1.29 is 9.90 Å². The number of rotatable bonds is 3. The van der Waals surface area contributed by atoms with Crippen molar-refractivity contribution in [3.8, 4) is 0 Å². The molecule has 4 nitrogen and oxygen atoms in total. The van der Waals surface area contributed by atoms with Crippen LogP contribution in [-0.2, 0) is 0 Å². The lowest BCUT2D eigenvalue weighted by Gasteiger charge is -2.28. The third-order valence-electron chi connectivity index (χ3n) is 3.39. The zero-order valence-corrected chi connectivity index (χ0v) is 9.78. The highest BCUT2D eigenvalue weighted by molar-refractivity contribution is 5.95. The van der Waals surface area contributed by atoms with Crippen LogP contribution in [0.5, 0.6) is 0 Å². The Labute approximate surface area is 101 Å². The van der Waals surface area contributed by atoms with Gasteiger partial charge in [0.15, 0.2) is 0 Å². The molecule has 0 saturated heterocycles. The Morgan fingerprint density at radius 2 is 2.12 bits per heavy atom. The van der Waals surface area contributed by atoms with Gasteiger partial charge in [-0.25, -0.2) is 0 Å². The number of benzene rings is 1. The van der Waals surface area contributed by atoms with Gasteiger partial charge in [-0.1, -0.05) is 18.9 Å². The highest BCUT2D eigenvalue weighted by atomic mass is 16.3. The van der Waals surface area contributed by atoms with Gasteiger partial charge in [0.1, 0.15) is 0 Å². The van der Waals surface area contributed by atoms with E-state index >= 15 is 0 Å². The van der Waals surface area contributed by atoms with E-state index in [4.69, 9.17) is 5.73 Å². The fourth-order valence-electron chi connectivity index (χ4n) is 2.37. The first-order valence-corrected chi connectivity index (χ1v) is 5.94. The first-order valence-electron chi connectivity index (χ1n) is 5.94. The number of amides is 1. The maximum atomic E-state index is 12.0. The number of anilines is 1. The van der Waals surface area contributed by atoms with E-state index in [0.29, 0.717) is 11.3 Å². The van der Waals surface area contributed by atoms with Crippen molar-refractivity contribution in [2.75, 3.05) is 12.3 Å². The van der Waals surface area contributed by atoms with Crippen molar-refractivity contribution >= 4 is 11.6 Å². The van der Waals surface area contributed by atoms with E-state index in [1.54, 1.807) is 24.3 Å². The monoisotopic (exact) mass is 234 g/mol. The zero-order valence-electron chi connectivity index (χ0n) is 9.78. The van der Waals surface area contributed by atoms with Gasteiger partial charge >= 0.3 is 0 Å². The quantitative estimate of drug-likeness (QED) is 0.690. The lowest BCUT2D eigenvalue weighted by atomic mass is 9.98. The van der Waals surface area contributed by atoms with Gasteiger partial charge in [0.2, 0.25) is 0 Å². The number of nitrogen functional groups attached to an aromatic ring is 1. The van der Waals surface area contributed by atoms with Gasteiger partial charge < -0.3 is 16.2 Å². The van der Waals surface area contributed by atoms with E-state index in [9.17, 15) is 9.90 Å². The molecule has 1 saturated carbocycles. The van der Waals surface area contributed by atoms with Gasteiger partial charge in [-0.2, -0.15) is 0 Å². The Balaban J connectivity index is 2.11. The molecule has 1 amide bonds. The first kappa shape index (κ1) is 11.9. The minimum atomic E-state index is -0.429. The van der Waals surface area contributed by atoms with Crippen molar-refractivity contribution in [3.63, 3.8) is 0 Å². The molecule has 0 atom stereocenters. The maximum Gasteiger partial charge on any atom is 0.251 e. The summed E-state index contributed by atoms with van der Waals surface area (Å²) in [5.74, 6) is -0.159. The topological polar surface area (TPSA) is 75.4 Å². The largest absolute Gasteiger partial charge is 0.399 e. The highest BCUT2D eigenvalue weighted by Gasteiger charge is 2.34. The molecule has 4 heteroatoms. The summed E-state index contributed by atoms with van der Waals surface area (Å²) in [5, 5.41) is 12.4. The molecule has 4 N–H and O–H groups in total. The van der Waals surface area contributed by atoms with Gasteiger partial charge in [-0.05, 0) is 31.0 Å². The molecule has 1 aliphatic carbocycles. The van der Waals surface area contributed by atoms with Crippen molar-refractivity contribution in [1.29, 1.82) is 0 Å². The summed E-state index contributed by atoms with van der Waals surface area (Å²) in [6.45, 7) is 0.00105. The maximum absolute atomic E-state index is 12.0. The number of hydrogen-bond donors (Lipinski definition) is 3. The lowest BCUT2D eigenvalue weighted by Crippen LogP contribution is -2.49. The summed E-state index contributed by atoms with van der Waals surface area (Å²) in [5.41, 5.74) is 6.33. The number of hydrogen-bond acceptors (Lipinski definition) is 3. The third-order valence-corrected chi connectivity index (χ3v) is 3.39. The second kappa shape index (κ2) is 4.75. The van der Waals surface area contributed by atoms with Crippen LogP contribution >= 0.6 is 0 Å². The summed E-state index contributed by atoms with van der Waals surface area (Å²) in [4.78, 5) is 12.0. The van der Waals surface area contributed by atoms with Crippen LogP contribution in [0, 0.1) is 0 Å². The van der Waals surface area contributed by atoms with Crippen molar-refractivity contribution in [2.45, 2.75) is 31.2 Å². The molecule has 1 aliphatic rings. The summed E-state index contributed by atoms with van der Waals surface area (Å²) in [7, 11) is 0. The molecule has 0 bridgehead atoms. The van der Waals surface area contributed by atoms with E-state index in [2.05, 4.69) is 5.32 Å². The predicted molar refractivity (Wildman–Crippen MR) is 66.6 cm³/mol. The minimum Gasteiger partial charge on any atom is -0.399 e. The molecule has 0 unspecified atom stereocenters. The van der Waals surface area contributed by atoms with Crippen molar-refractivity contribution in [3.05, 3.63) is 29.8 Å². The number of nitrogens with one attached hydrogen (secondary N) is 1. The Kier molecular flexibility index (Phi) is 3.33. The van der Waals surface area contributed by atoms with E-state index in [-0.39, 0.29) is 12.5 Å². The summed E-state index contributed by atoms with van der Waals surface area (Å²) in [6, 6.07) is 6.87. The Morgan fingerprint density at radius 3 is 2.71 bits per heavy atom. The number of aliphatic hydroxyl groups excluding tert-OH is 1. The molecule has 1 aromatic rings. The minimum absolute atomic E-state index is 0.00105. The van der Waals surface area contributed by atoms with Crippen LogP contribution in [0.15, 0.2) is 24.3 Å². The van der Waals surface area contributed by atoms with Crippen LogP contribution in [0.2, 0.25) is 0 Å². The van der Waals surface area contributed by atoms with Gasteiger partial charge in [0, 0.05) is 11.3 Å². The predicted octanol–water partition coefficient (Wildman–Crippen LogP) is 1.30. The second-order valence-electron chi connectivity index (χ2n) is 4.73. The molecule has 2 rings (SSSR count). The van der Waals surface area contributed by atoms with E-state index in [1.165, 1.54) is 0 Å². The van der Waals surface area contributed by atoms with E-state index < -0.39 is 5.54 Å². The molecule has 0 heterocycles. The number of aliphatic hydroxyl groups is 1. The van der Waals surface area contributed by atoms with Crippen LogP contribution in [0.3, 0.4) is 0 Å². The molecule has 0 radical (unpaired) electrons. The molecule has 0 aromatic heterocycles. The van der Waals surface area contributed by atoms with Crippen molar-refractivity contribution in [1.82, 2.24) is 5.32 Å². The molecule has 1 aromatic carbocycles. The van der Waals surface area contributed by atoms with Crippen molar-refractivity contribution in [2.24, 2.45) is 0 Å². The summed E-state index contributed by atoms with van der Waals surface area (Å²) in [6.07, 6.45) is 3.80. The van der Waals surface area contributed by atoms with Crippen LogP contribution in [0.1, 0.15) is 36.0 Å². The van der Waals surface area contributed by atoms with Gasteiger partial charge in [0.05, 0.1) is 12.1 Å². The molecule has 92 valence electrons. The Morgan fingerprint density at radius 1 is 1.41 bits per heavy atom. The molecule has 17 heavy (non-hydrogen) atoms. The summed E-state index contributed by atoms with van der Waals surface area (Å²) < 4.78 is 0. The number of carbonyl (C=O) groups excluding carboxylic acids is 1. The van der Waals surface area contributed by atoms with Crippen LogP contribution in [0.25, 0.3) is 0 Å². The SMILES string of the molecule is Nc1cccc(C(=O)NC2(CO)CCCC2)c1. The fourth-order valence-corrected chi connectivity index (χ4v) is 2.37. The van der Waals surface area contributed by atoms with Gasteiger partial charge in [-0.3, -0.25) is 4.79 Å². The molecular weight excluding hydrogens is 216 g/mol. The number of nitrogens with two attached hydrogens (primary N) is 1. The molecule has 1 fully saturated rings. The smallest absolute Gasteiger partial charge is 0.251 e. The van der Waals surface area contributed by atoms with E-state index in [1.807, 2.05) is 0 Å². The summed E-state index contributed by atoms with van der Waals surface area (Å²) >= 11 is 0. The molecular formula is C13H18N2O2. The number of carbonyl (C=O) groups is 1. The molecule has 0 spiro atoms. The fraction of sp³-hybridized carbons (Fsp3) is 0.462. The average molecular weight is 234 g/mol. The Bertz CT molecular complexity index is 412. The van der Waals surface area contributed by atoms with Crippen LogP contribution in [-0.4, -0.2) is 23.2 Å². The van der Waals surface area contributed by atoms with E-state index in [0.717, 1.165) is 25.7 Å². The van der Waals surface area contributed by atoms with Gasteiger partial charge in [0.25, 0.3) is 5.91 Å². The standard InChI is InChI=1S/C13H18N2O2/c14-11-5-3-4-10(8-11)12(17)15-13(9-16)6-1-2-7-13/h3-5,8,16H,1-2,6-7,9,14H2,(H,15,17).